The van der Waals surface area contributed by atoms with Crippen molar-refractivity contribution in [2.75, 3.05) is 13.2 Å². The second-order valence-electron chi connectivity index (χ2n) is 17.2. The second kappa shape index (κ2) is 29.1. The summed E-state index contributed by atoms with van der Waals surface area (Å²) in [6.07, 6.45) is 4.41. The van der Waals surface area contributed by atoms with Crippen LogP contribution in [0.4, 0.5) is 9.59 Å². The molecule has 5 atom stereocenters. The average Bonchev–Trinajstić information content (AvgIpc) is 3.70. The molecule has 21 heteroatoms. The van der Waals surface area contributed by atoms with Crippen LogP contribution >= 0.6 is 80.9 Å². The smallest absolute Gasteiger partial charge is 0.481 e. The Labute approximate surface area is 428 Å². The third-order valence-corrected chi connectivity index (χ3v) is 23.0. The molecule has 0 aromatic carbocycles. The molecule has 0 saturated carbocycles. The van der Waals surface area contributed by atoms with E-state index in [1.54, 1.807) is 20.8 Å². The Bertz CT molecular complexity index is 1780. The van der Waals surface area contributed by atoms with E-state index in [2.05, 4.69) is 31.8 Å². The summed E-state index contributed by atoms with van der Waals surface area (Å²) in [6.45, 7) is 22.4. The summed E-state index contributed by atoms with van der Waals surface area (Å²) in [5, 5.41) is 12.4. The van der Waals surface area contributed by atoms with Crippen molar-refractivity contribution >= 4 is 128 Å². The Balaban J connectivity index is 3.43. The van der Waals surface area contributed by atoms with Gasteiger partial charge >= 0.3 is 18.3 Å². The number of ether oxygens (including phenoxy) is 4. The van der Waals surface area contributed by atoms with Crippen molar-refractivity contribution in [3.8, 4) is 0 Å². The van der Waals surface area contributed by atoms with Gasteiger partial charge in [0.15, 0.2) is 16.6 Å². The van der Waals surface area contributed by atoms with E-state index in [1.165, 1.54) is 11.3 Å². The normalized spacial score (nSPS) is 15.8. The lowest BCUT2D eigenvalue weighted by Gasteiger charge is -2.42. The van der Waals surface area contributed by atoms with Crippen molar-refractivity contribution in [3.63, 3.8) is 0 Å². The number of ketones is 1. The number of alkyl halides is 6. The molecule has 0 aliphatic carbocycles. The molecular weight excluding hydrogens is 1030 g/mol. The van der Waals surface area contributed by atoms with Gasteiger partial charge in [-0.25, -0.2) is 14.6 Å². The number of carbonyl (C=O) groups is 4. The predicted octanol–water partition coefficient (Wildman–Crippen LogP) is 14.9. The van der Waals surface area contributed by atoms with Crippen LogP contribution in [-0.2, 0) is 44.0 Å². The molecule has 0 bridgehead atoms. The van der Waals surface area contributed by atoms with E-state index < -0.39 is 85.2 Å². The van der Waals surface area contributed by atoms with E-state index in [-0.39, 0.29) is 24.9 Å². The van der Waals surface area contributed by atoms with Crippen LogP contribution in [-0.4, -0.2) is 89.9 Å². The Hall–Kier alpha value is -1.38. The maximum atomic E-state index is 14.5. The molecule has 0 saturated heterocycles. The minimum absolute atomic E-state index is 0.108. The summed E-state index contributed by atoms with van der Waals surface area (Å²) in [5.74, 6) is -2.70. The fourth-order valence-electron chi connectivity index (χ4n) is 7.48. The highest BCUT2D eigenvalue weighted by Crippen LogP contribution is 2.38. The zero-order valence-corrected chi connectivity index (χ0v) is 47.8. The summed E-state index contributed by atoms with van der Waals surface area (Å²) >= 11 is 35.8. The minimum atomic E-state index is -2.35. The Kier molecular flexibility index (Phi) is 27.6. The molecule has 1 N–H and O–H groups in total. The minimum Gasteiger partial charge on any atom is -0.481 e. The van der Waals surface area contributed by atoms with E-state index in [0.717, 1.165) is 47.4 Å². The van der Waals surface area contributed by atoms with E-state index >= 15 is 0 Å². The van der Waals surface area contributed by atoms with Crippen LogP contribution in [0.3, 0.4) is 0 Å². The van der Waals surface area contributed by atoms with Crippen LogP contribution in [0.5, 0.6) is 0 Å². The van der Waals surface area contributed by atoms with Crippen molar-refractivity contribution in [3.05, 3.63) is 45.5 Å². The SMILES string of the molecule is CC[Si](CC)(CC)O[C@@H](C/C=C(C)\C=C\C[C@H](C)[C@H](OC(=O)OCC(Cl)(Cl)Cl)[C@@H](C)C(=O)C(C)(C)[C@H](CC(=O)O)O[Si](CC)(CC)CC)/C(C)=C/c1csc(COC(=O)OCC(Cl)(Cl)Cl)n1. The number of nitrogens with zero attached hydrogens (tertiary/aromatic N) is 1. The summed E-state index contributed by atoms with van der Waals surface area (Å²) in [7, 11) is -4.41. The van der Waals surface area contributed by atoms with Crippen LogP contribution in [0.25, 0.3) is 6.08 Å². The van der Waals surface area contributed by atoms with Crippen LogP contribution in [0.2, 0.25) is 36.3 Å². The maximum Gasteiger partial charge on any atom is 0.508 e. The Morgan fingerprint density at radius 2 is 1.30 bits per heavy atom. The number of allylic oxidation sites excluding steroid dienone is 3. The van der Waals surface area contributed by atoms with Gasteiger partial charge in [-0.3, -0.25) is 9.59 Å². The van der Waals surface area contributed by atoms with Gasteiger partial charge < -0.3 is 32.9 Å². The highest BCUT2D eigenvalue weighted by atomic mass is 35.6. The largest absolute Gasteiger partial charge is 0.508 e. The molecule has 0 amide bonds. The van der Waals surface area contributed by atoms with Crippen molar-refractivity contribution in [1.29, 1.82) is 0 Å². The molecule has 0 unspecified atom stereocenters. The number of hydrogen-bond donors (Lipinski definition) is 1. The number of hydrogen-bond acceptors (Lipinski definition) is 12. The van der Waals surface area contributed by atoms with Gasteiger partial charge in [-0.1, -0.05) is 163 Å². The standard InChI is InChI=1S/C45H71Cl6NO11SSi2/c1-13-65(14-2,15-3)62-35(32(9)24-34-27-64-37(52-34)26-58-41(56)59-28-44(46,47)48)23-22-30(7)20-19-21-31(8)39(61-42(57)60-29-45(49,50)51)33(10)40(55)43(11,12)36(25-38(53)54)63-66(16-4,17-5)18-6/h19-20,22,24,27,31,33,35-36,39H,13-18,21,23,25-26,28-29H2,1-12H3,(H,53,54)/b20-19+,30-22-,32-24+/t31-,33+,35-,36-,39-/m0/s1. The first-order valence-electron chi connectivity index (χ1n) is 22.4. The van der Waals surface area contributed by atoms with E-state index in [1.807, 2.05) is 65.2 Å². The highest BCUT2D eigenvalue weighted by Gasteiger charge is 2.47. The van der Waals surface area contributed by atoms with Crippen molar-refractivity contribution in [1.82, 2.24) is 4.98 Å². The topological polar surface area (TPSA) is 157 Å². The van der Waals surface area contributed by atoms with Crippen LogP contribution in [0, 0.1) is 17.3 Å². The maximum absolute atomic E-state index is 14.5. The number of rotatable bonds is 29. The molecular formula is C45H71Cl6NO11SSi2. The lowest BCUT2D eigenvalue weighted by Crippen LogP contribution is -2.51. The lowest BCUT2D eigenvalue weighted by atomic mass is 9.73. The number of carboxylic acid groups (broad SMARTS) is 1. The van der Waals surface area contributed by atoms with Crippen LogP contribution in [0.1, 0.15) is 113 Å². The van der Waals surface area contributed by atoms with Crippen LogP contribution in [0.15, 0.2) is 34.8 Å². The van der Waals surface area contributed by atoms with Gasteiger partial charge in [-0.15, -0.1) is 11.3 Å². The van der Waals surface area contributed by atoms with E-state index in [9.17, 15) is 24.3 Å². The van der Waals surface area contributed by atoms with Gasteiger partial charge in [0.1, 0.15) is 36.7 Å². The highest BCUT2D eigenvalue weighted by molar-refractivity contribution is 7.09. The Morgan fingerprint density at radius 1 is 0.788 bits per heavy atom. The number of aliphatic carboxylic acids is 1. The molecule has 0 spiro atoms. The summed E-state index contributed by atoms with van der Waals surface area (Å²) in [5.41, 5.74) is 1.38. The number of thiazole rings is 1. The Morgan fingerprint density at radius 3 is 1.80 bits per heavy atom. The second-order valence-corrected chi connectivity index (χ2v) is 32.6. The zero-order chi connectivity index (χ0) is 50.7. The molecule has 0 aliphatic heterocycles. The van der Waals surface area contributed by atoms with Crippen molar-refractivity contribution in [2.24, 2.45) is 17.3 Å². The van der Waals surface area contributed by atoms with Gasteiger partial charge in [-0.2, -0.15) is 0 Å². The third kappa shape index (κ3) is 22.1. The molecule has 0 radical (unpaired) electrons. The number of halogens is 6. The zero-order valence-electron chi connectivity index (χ0n) is 40.4. The number of Topliss-reactive ketones (excluding diaryl/α,β-unsaturated/α-hetero) is 1. The predicted molar refractivity (Wildman–Crippen MR) is 274 cm³/mol. The summed E-state index contributed by atoms with van der Waals surface area (Å²) < 4.78 is 31.0. The van der Waals surface area contributed by atoms with Gasteiger partial charge in [-0.05, 0) is 80.5 Å². The number of carbonyl (C=O) groups excluding carboxylic acids is 3. The van der Waals surface area contributed by atoms with Gasteiger partial charge in [0.25, 0.3) is 0 Å². The monoisotopic (exact) mass is 1100 g/mol. The van der Waals surface area contributed by atoms with Crippen molar-refractivity contribution in [2.45, 2.75) is 171 Å². The first-order valence-corrected chi connectivity index (χ1v) is 30.6. The molecule has 1 rings (SSSR count). The quantitative estimate of drug-likeness (QED) is 0.0351. The van der Waals surface area contributed by atoms with E-state index in [0.29, 0.717) is 23.5 Å². The molecule has 0 aliphatic rings. The van der Waals surface area contributed by atoms with Gasteiger partial charge in [0.05, 0.1) is 30.2 Å². The average molecular weight is 1100 g/mol. The number of carboxylic acids is 1. The molecule has 0 fully saturated rings. The first kappa shape index (κ1) is 62.6. The first-order chi connectivity index (χ1) is 30.5. The fraction of sp³-hybridized carbons (Fsp3) is 0.711. The number of aromatic nitrogens is 1. The van der Waals surface area contributed by atoms with Crippen molar-refractivity contribution < 1.29 is 52.1 Å². The van der Waals surface area contributed by atoms with Gasteiger partial charge in [0, 0.05) is 10.8 Å². The van der Waals surface area contributed by atoms with Gasteiger partial charge in [0.2, 0.25) is 7.59 Å². The summed E-state index contributed by atoms with van der Waals surface area (Å²) in [4.78, 5) is 56.3. The molecule has 378 valence electrons. The fourth-order valence-corrected chi connectivity index (χ4v) is 14.3. The molecule has 66 heavy (non-hydrogen) atoms. The molecule has 12 nitrogen and oxygen atoms in total. The summed E-state index contributed by atoms with van der Waals surface area (Å²) in [6, 6.07) is 5.19. The van der Waals surface area contributed by atoms with Crippen LogP contribution < -0.4 is 0 Å². The molecule has 1 aromatic heterocycles. The molecule has 1 heterocycles. The van der Waals surface area contributed by atoms with E-state index in [4.69, 9.17) is 97.4 Å². The third-order valence-electron chi connectivity index (χ3n) is 12.2. The molecule has 1 aromatic rings. The lowest BCUT2D eigenvalue weighted by molar-refractivity contribution is -0.147.